The van der Waals surface area contributed by atoms with Gasteiger partial charge in [0.05, 0.1) is 0 Å². The van der Waals surface area contributed by atoms with Crippen LogP contribution in [0.2, 0.25) is 0 Å². The second-order valence-corrected chi connectivity index (χ2v) is 8.65. The minimum Gasteiger partial charge on any atom is -0.508 e. The van der Waals surface area contributed by atoms with Crippen LogP contribution in [0, 0.1) is 0 Å². The lowest BCUT2D eigenvalue weighted by atomic mass is 10.2. The van der Waals surface area contributed by atoms with Gasteiger partial charge in [-0.25, -0.2) is 4.79 Å². The van der Waals surface area contributed by atoms with Gasteiger partial charge >= 0.3 is 5.63 Å². The van der Waals surface area contributed by atoms with E-state index in [4.69, 9.17) is 4.42 Å². The summed E-state index contributed by atoms with van der Waals surface area (Å²) in [6.07, 6.45) is 0. The number of fused-ring (bicyclic) bond motifs is 1. The van der Waals surface area contributed by atoms with Crippen LogP contribution >= 0.6 is 7.14 Å². The van der Waals surface area contributed by atoms with E-state index in [0.717, 1.165) is 0 Å². The van der Waals surface area contributed by atoms with Crippen molar-refractivity contribution in [2.75, 3.05) is 0 Å². The highest BCUT2D eigenvalue weighted by Gasteiger charge is 2.33. The summed E-state index contributed by atoms with van der Waals surface area (Å²) in [6, 6.07) is 24.0. The third-order valence-electron chi connectivity index (χ3n) is 4.28. The number of hydrogen-bond donors (Lipinski definition) is 1. The molecule has 128 valence electrons. The molecule has 0 atom stereocenters. The van der Waals surface area contributed by atoms with Crippen LogP contribution in [-0.4, -0.2) is 5.11 Å². The summed E-state index contributed by atoms with van der Waals surface area (Å²) in [4.78, 5) is 12.7. The zero-order valence-corrected chi connectivity index (χ0v) is 14.6. The molecule has 5 heteroatoms. The van der Waals surface area contributed by atoms with E-state index in [2.05, 4.69) is 0 Å². The molecule has 0 aliphatic rings. The normalized spacial score (nSPS) is 11.5. The first-order valence-corrected chi connectivity index (χ1v) is 9.78. The van der Waals surface area contributed by atoms with Crippen molar-refractivity contribution < 1.29 is 14.1 Å². The van der Waals surface area contributed by atoms with Gasteiger partial charge in [0, 0.05) is 22.1 Å². The zero-order valence-electron chi connectivity index (χ0n) is 13.7. The molecule has 0 fully saturated rings. The summed E-state index contributed by atoms with van der Waals surface area (Å²) >= 11 is 0. The molecule has 3 aromatic carbocycles. The van der Waals surface area contributed by atoms with Crippen molar-refractivity contribution in [1.82, 2.24) is 0 Å². The van der Waals surface area contributed by atoms with Crippen LogP contribution in [0.25, 0.3) is 11.0 Å². The molecular weight excluding hydrogens is 347 g/mol. The van der Waals surface area contributed by atoms with E-state index in [-0.39, 0.29) is 16.6 Å². The van der Waals surface area contributed by atoms with Gasteiger partial charge in [-0.3, -0.25) is 0 Å². The molecule has 4 rings (SSSR count). The van der Waals surface area contributed by atoms with Crippen LogP contribution < -0.4 is 21.5 Å². The highest BCUT2D eigenvalue weighted by molar-refractivity contribution is 7.85. The maximum atomic E-state index is 14.2. The molecule has 0 amide bonds. The highest BCUT2D eigenvalue weighted by atomic mass is 31.2. The summed E-state index contributed by atoms with van der Waals surface area (Å²) in [5, 5.41) is 11.4. The van der Waals surface area contributed by atoms with Crippen molar-refractivity contribution in [3.05, 3.63) is 95.3 Å². The number of benzene rings is 3. The predicted molar refractivity (Wildman–Crippen MR) is 104 cm³/mol. The molecule has 0 aliphatic heterocycles. The fourth-order valence-corrected chi connectivity index (χ4v) is 5.67. The molecule has 0 aliphatic carbocycles. The van der Waals surface area contributed by atoms with Crippen molar-refractivity contribution in [2.24, 2.45) is 0 Å². The minimum absolute atomic E-state index is 0.00250. The molecule has 4 aromatic rings. The minimum atomic E-state index is -3.40. The van der Waals surface area contributed by atoms with E-state index < -0.39 is 12.8 Å². The topological polar surface area (TPSA) is 67.5 Å². The average Bonchev–Trinajstić information content (AvgIpc) is 2.68. The second kappa shape index (κ2) is 6.32. The maximum absolute atomic E-state index is 14.2. The number of aromatic hydroxyl groups is 1. The first-order valence-electron chi connectivity index (χ1n) is 8.08. The Hall–Kier alpha value is -3.10. The molecule has 1 aromatic heterocycles. The fraction of sp³-hybridized carbons (Fsp3) is 0. The van der Waals surface area contributed by atoms with Gasteiger partial charge in [-0.1, -0.05) is 60.7 Å². The Morgan fingerprint density at radius 1 is 0.769 bits per heavy atom. The molecule has 0 bridgehead atoms. The van der Waals surface area contributed by atoms with E-state index in [1.807, 2.05) is 12.1 Å². The maximum Gasteiger partial charge on any atom is 0.347 e. The Kier molecular flexibility index (Phi) is 3.98. The Balaban J connectivity index is 2.06. The van der Waals surface area contributed by atoms with Gasteiger partial charge in [0.1, 0.15) is 16.6 Å². The van der Waals surface area contributed by atoms with Crippen LogP contribution in [0.1, 0.15) is 0 Å². The Labute approximate surface area is 149 Å². The molecule has 0 radical (unpaired) electrons. The van der Waals surface area contributed by atoms with E-state index in [0.29, 0.717) is 16.0 Å². The van der Waals surface area contributed by atoms with E-state index in [1.54, 1.807) is 60.7 Å². The van der Waals surface area contributed by atoms with E-state index in [9.17, 15) is 14.5 Å². The highest BCUT2D eigenvalue weighted by Crippen LogP contribution is 2.41. The quantitative estimate of drug-likeness (QED) is 0.449. The summed E-state index contributed by atoms with van der Waals surface area (Å²) in [5.41, 5.74) is -0.412. The number of phenolic OH excluding ortho intramolecular Hbond substituents is 1. The van der Waals surface area contributed by atoms with Crippen LogP contribution in [0.3, 0.4) is 0 Å². The van der Waals surface area contributed by atoms with Gasteiger partial charge in [-0.15, -0.1) is 0 Å². The third-order valence-corrected chi connectivity index (χ3v) is 7.32. The van der Waals surface area contributed by atoms with Crippen LogP contribution in [-0.2, 0) is 4.57 Å². The van der Waals surface area contributed by atoms with Crippen LogP contribution in [0.4, 0.5) is 0 Å². The molecule has 0 saturated heterocycles. The molecule has 0 saturated carbocycles. The van der Waals surface area contributed by atoms with Crippen molar-refractivity contribution in [3.8, 4) is 5.75 Å². The molecular formula is C21H15O4P. The van der Waals surface area contributed by atoms with Crippen molar-refractivity contribution in [3.63, 3.8) is 0 Å². The van der Waals surface area contributed by atoms with Gasteiger partial charge in [-0.05, 0) is 18.2 Å². The van der Waals surface area contributed by atoms with Gasteiger partial charge in [0.2, 0.25) is 0 Å². The first kappa shape index (κ1) is 16.4. The monoisotopic (exact) mass is 362 g/mol. The van der Waals surface area contributed by atoms with Crippen LogP contribution in [0.5, 0.6) is 5.75 Å². The Bertz CT molecular complexity index is 1140. The largest absolute Gasteiger partial charge is 0.508 e. The summed E-state index contributed by atoms with van der Waals surface area (Å²) in [7, 11) is -3.40. The smallest absolute Gasteiger partial charge is 0.347 e. The van der Waals surface area contributed by atoms with Gasteiger partial charge in [0.25, 0.3) is 0 Å². The third kappa shape index (κ3) is 2.65. The molecule has 26 heavy (non-hydrogen) atoms. The summed E-state index contributed by atoms with van der Waals surface area (Å²) < 4.78 is 19.6. The fourth-order valence-electron chi connectivity index (χ4n) is 3.01. The van der Waals surface area contributed by atoms with Gasteiger partial charge < -0.3 is 14.1 Å². The standard InChI is InChI=1S/C21H15O4P/c22-16-12-11-15-13-20(21(23)25-19(15)14-16)26(24,17-7-3-1-4-8-17)18-9-5-2-6-10-18/h1-14,22H. The zero-order chi connectivity index (χ0) is 18.1. The first-order chi connectivity index (χ1) is 12.6. The SMILES string of the molecule is O=c1oc2cc(O)ccc2cc1P(=O)(c1ccccc1)c1ccccc1. The predicted octanol–water partition coefficient (Wildman–Crippen LogP) is 3.14. The number of hydrogen-bond acceptors (Lipinski definition) is 4. The second-order valence-electron chi connectivity index (χ2n) is 5.92. The lowest BCUT2D eigenvalue weighted by Gasteiger charge is -2.18. The number of phenols is 1. The van der Waals surface area contributed by atoms with Crippen molar-refractivity contribution >= 4 is 34.0 Å². The van der Waals surface area contributed by atoms with E-state index in [1.165, 1.54) is 12.1 Å². The molecule has 1 heterocycles. The lowest BCUT2D eigenvalue weighted by molar-refractivity contribution is 0.473. The average molecular weight is 362 g/mol. The van der Waals surface area contributed by atoms with Crippen molar-refractivity contribution in [2.45, 2.75) is 0 Å². The Morgan fingerprint density at radius 3 is 1.92 bits per heavy atom. The number of rotatable bonds is 3. The lowest BCUT2D eigenvalue weighted by Crippen LogP contribution is -2.33. The Morgan fingerprint density at radius 2 is 1.35 bits per heavy atom. The molecule has 1 N–H and O–H groups in total. The van der Waals surface area contributed by atoms with Crippen LogP contribution in [0.15, 0.2) is 94.1 Å². The summed E-state index contributed by atoms with van der Waals surface area (Å²) in [6.45, 7) is 0. The molecule has 0 spiro atoms. The summed E-state index contributed by atoms with van der Waals surface area (Å²) in [5.74, 6) is 0.00250. The molecule has 0 unspecified atom stereocenters. The van der Waals surface area contributed by atoms with Gasteiger partial charge in [-0.2, -0.15) is 0 Å². The van der Waals surface area contributed by atoms with Gasteiger partial charge in [0.15, 0.2) is 7.14 Å². The van der Waals surface area contributed by atoms with E-state index >= 15 is 0 Å². The molecule has 4 nitrogen and oxygen atoms in total. The van der Waals surface area contributed by atoms with Crippen molar-refractivity contribution in [1.29, 1.82) is 0 Å².